The van der Waals surface area contributed by atoms with E-state index in [4.69, 9.17) is 47.0 Å². The summed E-state index contributed by atoms with van der Waals surface area (Å²) in [5.41, 5.74) is 0. The molecule has 37 heavy (non-hydrogen) atoms. The number of rotatable bonds is 4. The molecule has 0 spiro atoms. The zero-order valence-electron chi connectivity index (χ0n) is 19.8. The Kier molecular flexibility index (Phi) is 29.6. The molecule has 0 amide bonds. The SMILES string of the molecule is CP(c1ccccc1)c1ccccc1.CP(c1ccccc1)c1ccccc1.[Cl][Fe][Cl].[Cl][Sn]([Cl])[Cl].[Pd].[Pd]. The van der Waals surface area contributed by atoms with E-state index in [1.807, 2.05) is 0 Å². The van der Waals surface area contributed by atoms with Crippen LogP contribution in [-0.4, -0.2) is 29.7 Å². The van der Waals surface area contributed by atoms with Crippen molar-refractivity contribution in [2.24, 2.45) is 0 Å². The molecule has 1 radical (unpaired) electrons. The van der Waals surface area contributed by atoms with Crippen LogP contribution in [0.5, 0.6) is 0 Å². The summed E-state index contributed by atoms with van der Waals surface area (Å²) < 4.78 is 0. The fraction of sp³-hybridized carbons (Fsp3) is 0.0769. The Balaban J connectivity index is 0. The standard InChI is InChI=1S/2C13H13P.5ClH.Fe.2Pd.Sn/c2*1-14(12-8-4-2-5-9-12)13-10-6-3-7-11-13;;;;;;;;;/h2*2-11H,1H3;5*1H;;;;/q;;;;;;;+2;;;+3/p-5. The van der Waals surface area contributed by atoms with E-state index in [-0.39, 0.29) is 69.8 Å². The van der Waals surface area contributed by atoms with Gasteiger partial charge >= 0.3 is 76.5 Å². The molecule has 0 aromatic heterocycles. The maximum absolute atomic E-state index is 5.00. The number of hydrogen-bond donors (Lipinski definition) is 0. The fourth-order valence-electron chi connectivity index (χ4n) is 2.90. The fourth-order valence-corrected chi connectivity index (χ4v) is 5.98. The normalized spacial score (nSPS) is 9.46. The Labute approximate surface area is 285 Å². The van der Waals surface area contributed by atoms with Gasteiger partial charge in [-0.25, -0.2) is 0 Å². The third-order valence-corrected chi connectivity index (χ3v) is 8.86. The minimum Gasteiger partial charge on any atom is 0 e. The van der Waals surface area contributed by atoms with Gasteiger partial charge in [0.05, 0.1) is 0 Å². The van der Waals surface area contributed by atoms with Crippen LogP contribution in [0, 0.1) is 0 Å². The first-order valence-electron chi connectivity index (χ1n) is 10.3. The smallest absolute Gasteiger partial charge is 0 e. The van der Waals surface area contributed by atoms with Gasteiger partial charge in [-0.15, -0.1) is 0 Å². The topological polar surface area (TPSA) is 0 Å². The molecular weight excluding hydrogens is 939 g/mol. The van der Waals surface area contributed by atoms with Gasteiger partial charge in [-0.2, -0.15) is 0 Å². The van der Waals surface area contributed by atoms with Crippen molar-refractivity contribution in [1.82, 2.24) is 0 Å². The number of halogens is 5. The van der Waals surface area contributed by atoms with Gasteiger partial charge in [0.2, 0.25) is 0 Å². The molecule has 0 nitrogen and oxygen atoms in total. The van der Waals surface area contributed by atoms with Crippen molar-refractivity contribution in [3.8, 4) is 0 Å². The van der Waals surface area contributed by atoms with Crippen LogP contribution in [0.2, 0.25) is 0 Å². The van der Waals surface area contributed by atoms with E-state index < -0.39 is 16.4 Å². The van der Waals surface area contributed by atoms with Gasteiger partial charge in [-0.05, 0) is 50.4 Å². The molecule has 11 heteroatoms. The molecule has 4 aromatic rings. The van der Waals surface area contributed by atoms with E-state index in [0.29, 0.717) is 0 Å². The van der Waals surface area contributed by atoms with Crippen LogP contribution in [0.25, 0.3) is 0 Å². The third kappa shape index (κ3) is 19.6. The third-order valence-electron chi connectivity index (χ3n) is 4.57. The Morgan fingerprint density at radius 3 is 0.730 bits per heavy atom. The molecule has 0 saturated carbocycles. The van der Waals surface area contributed by atoms with Crippen molar-refractivity contribution in [2.75, 3.05) is 13.3 Å². The summed E-state index contributed by atoms with van der Waals surface area (Å²) in [6, 6.07) is 42.8. The van der Waals surface area contributed by atoms with Crippen molar-refractivity contribution in [1.29, 1.82) is 0 Å². The summed E-state index contributed by atoms with van der Waals surface area (Å²) >= 11 is -1.93. The summed E-state index contributed by atoms with van der Waals surface area (Å²) in [5, 5.41) is 5.75. The molecule has 0 fully saturated rings. The monoisotopic (exact) mass is 963 g/mol. The van der Waals surface area contributed by atoms with E-state index in [2.05, 4.69) is 135 Å². The average molecular weight is 965 g/mol. The van der Waals surface area contributed by atoms with E-state index in [1.165, 1.54) is 21.2 Å². The quantitative estimate of drug-likeness (QED) is 0.142. The minimum absolute atomic E-state index is 0. The summed E-state index contributed by atoms with van der Waals surface area (Å²) in [6.07, 6.45) is 0. The van der Waals surface area contributed by atoms with Crippen molar-refractivity contribution >= 4 is 100 Å². The average Bonchev–Trinajstić information content (AvgIpc) is 2.90. The van der Waals surface area contributed by atoms with Crippen LogP contribution in [0.3, 0.4) is 0 Å². The molecule has 207 valence electrons. The van der Waals surface area contributed by atoms with Gasteiger partial charge in [0.25, 0.3) is 0 Å². The van der Waals surface area contributed by atoms with Gasteiger partial charge in [0.15, 0.2) is 0 Å². The molecule has 0 unspecified atom stereocenters. The van der Waals surface area contributed by atoms with Crippen LogP contribution in [0.15, 0.2) is 121 Å². The summed E-state index contributed by atoms with van der Waals surface area (Å²) in [7, 11) is 24.2. The van der Waals surface area contributed by atoms with Crippen LogP contribution < -0.4 is 21.2 Å². The van der Waals surface area contributed by atoms with Crippen LogP contribution in [-0.2, 0) is 54.0 Å². The molecule has 4 rings (SSSR count). The second kappa shape index (κ2) is 26.7. The van der Waals surface area contributed by atoms with E-state index >= 15 is 0 Å². The first-order chi connectivity index (χ1) is 16.9. The number of benzene rings is 4. The van der Waals surface area contributed by atoms with Gasteiger partial charge < -0.3 is 0 Å². The largest absolute Gasteiger partial charge is 0 e. The Morgan fingerprint density at radius 2 is 0.595 bits per heavy atom. The molecular formula is C26H26Cl5FeP2Pd2Sn. The molecule has 0 N–H and O–H groups in total. The molecule has 0 heterocycles. The van der Waals surface area contributed by atoms with Gasteiger partial charge in [0, 0.05) is 40.8 Å². The maximum atomic E-state index is 5.00. The summed E-state index contributed by atoms with van der Waals surface area (Å²) in [4.78, 5) is 0. The molecule has 0 saturated heterocycles. The molecule has 0 aliphatic rings. The molecule has 0 atom stereocenters. The van der Waals surface area contributed by atoms with Crippen molar-refractivity contribution in [2.45, 2.75) is 0 Å². The first kappa shape index (κ1) is 41.0. The Morgan fingerprint density at radius 1 is 0.459 bits per heavy atom. The molecule has 4 aromatic carbocycles. The Hall–Kier alpha value is 1.83. The van der Waals surface area contributed by atoms with Gasteiger partial charge in [-0.3, -0.25) is 0 Å². The molecule has 0 bridgehead atoms. The maximum Gasteiger partial charge on any atom is 0 e. The summed E-state index contributed by atoms with van der Waals surface area (Å²) in [5.74, 6) is 0. The second-order valence-corrected chi connectivity index (χ2v) is 25.6. The molecule has 0 aliphatic heterocycles. The number of hydrogen-bond acceptors (Lipinski definition) is 0. The Bertz CT molecular complexity index is 865. The minimum atomic E-state index is -2.13. The van der Waals surface area contributed by atoms with Crippen LogP contribution in [0.1, 0.15) is 0 Å². The van der Waals surface area contributed by atoms with Crippen molar-refractivity contribution < 1.29 is 54.0 Å². The van der Waals surface area contributed by atoms with Gasteiger partial charge in [0.1, 0.15) is 0 Å². The van der Waals surface area contributed by atoms with Crippen molar-refractivity contribution in [3.05, 3.63) is 121 Å². The van der Waals surface area contributed by atoms with Gasteiger partial charge in [-0.1, -0.05) is 121 Å². The van der Waals surface area contributed by atoms with E-state index in [1.54, 1.807) is 0 Å². The van der Waals surface area contributed by atoms with E-state index in [9.17, 15) is 0 Å². The van der Waals surface area contributed by atoms with Crippen LogP contribution in [0.4, 0.5) is 0 Å². The first-order valence-corrected chi connectivity index (χ1v) is 27.7. The van der Waals surface area contributed by atoms with Crippen molar-refractivity contribution in [3.63, 3.8) is 0 Å². The summed E-state index contributed by atoms with van der Waals surface area (Å²) in [6.45, 7) is 4.61. The van der Waals surface area contributed by atoms with Crippen LogP contribution >= 0.6 is 62.8 Å². The predicted molar refractivity (Wildman–Crippen MR) is 165 cm³/mol. The zero-order valence-corrected chi connectivity index (χ0v) is 32.5. The van der Waals surface area contributed by atoms with E-state index in [0.717, 1.165) is 0 Å². The predicted octanol–water partition coefficient (Wildman–Crippen LogP) is 8.56. The molecule has 0 aliphatic carbocycles. The zero-order chi connectivity index (χ0) is 25.9. The second-order valence-electron chi connectivity index (χ2n) is 6.73.